The van der Waals surface area contributed by atoms with E-state index in [1.807, 2.05) is 0 Å². The topological polar surface area (TPSA) is 164 Å². The van der Waals surface area contributed by atoms with Crippen molar-refractivity contribution in [2.45, 2.75) is 24.3 Å². The normalized spacial score (nSPS) is 14.8. The molecule has 3 aromatic rings. The standard InChI is InChI=1S/C22H23N5O6S/c23-34(32,33)16-7-5-15(6-8-16)24-20(29)14-9-11-26(12-10-14)19(28)13-27-21(30)17-3-1-2-4-18(17)25-22(27)31/h1-8,14H,9-13H2,(H,24,29)(H,25,31)(H2,23,32,33). The van der Waals surface area contributed by atoms with Gasteiger partial charge in [0.05, 0.1) is 15.8 Å². The number of anilines is 1. The lowest BCUT2D eigenvalue weighted by Crippen LogP contribution is -2.46. The van der Waals surface area contributed by atoms with E-state index in [0.717, 1.165) is 4.57 Å². The summed E-state index contributed by atoms with van der Waals surface area (Å²) in [6.45, 7) is 0.231. The monoisotopic (exact) mass is 485 g/mol. The molecule has 0 radical (unpaired) electrons. The maximum Gasteiger partial charge on any atom is 0.329 e. The fourth-order valence-corrected chi connectivity index (χ4v) is 4.46. The number of H-pyrrole nitrogens is 1. The molecule has 0 unspecified atom stereocenters. The van der Waals surface area contributed by atoms with E-state index in [9.17, 15) is 27.6 Å². The van der Waals surface area contributed by atoms with Crippen LogP contribution in [0.4, 0.5) is 5.69 Å². The molecule has 12 heteroatoms. The fourth-order valence-electron chi connectivity index (χ4n) is 3.94. The molecule has 1 fully saturated rings. The Balaban J connectivity index is 1.36. The summed E-state index contributed by atoms with van der Waals surface area (Å²) in [5.74, 6) is -0.952. The molecule has 0 saturated carbocycles. The largest absolute Gasteiger partial charge is 0.341 e. The van der Waals surface area contributed by atoms with Crippen molar-refractivity contribution in [2.75, 3.05) is 18.4 Å². The third-order valence-corrected chi connectivity index (χ3v) is 6.78. The van der Waals surface area contributed by atoms with Crippen molar-refractivity contribution in [3.8, 4) is 0 Å². The number of nitrogens with zero attached hydrogens (tertiary/aromatic N) is 2. The molecule has 178 valence electrons. The van der Waals surface area contributed by atoms with E-state index in [0.29, 0.717) is 42.5 Å². The van der Waals surface area contributed by atoms with E-state index in [1.165, 1.54) is 29.2 Å². The van der Waals surface area contributed by atoms with Gasteiger partial charge in [-0.1, -0.05) is 12.1 Å². The Morgan fingerprint density at radius 2 is 1.68 bits per heavy atom. The summed E-state index contributed by atoms with van der Waals surface area (Å²) >= 11 is 0. The van der Waals surface area contributed by atoms with Gasteiger partial charge in [0.25, 0.3) is 5.56 Å². The molecule has 0 bridgehead atoms. The number of sulfonamides is 1. The van der Waals surface area contributed by atoms with Crippen molar-refractivity contribution in [3.05, 3.63) is 69.4 Å². The second-order valence-electron chi connectivity index (χ2n) is 8.08. The van der Waals surface area contributed by atoms with Gasteiger partial charge in [-0.15, -0.1) is 0 Å². The van der Waals surface area contributed by atoms with E-state index in [2.05, 4.69) is 10.3 Å². The number of likely N-dealkylation sites (tertiary alicyclic amines) is 1. The molecule has 4 N–H and O–H groups in total. The number of nitrogens with one attached hydrogen (secondary N) is 2. The number of hydrogen-bond donors (Lipinski definition) is 3. The van der Waals surface area contributed by atoms with Crippen molar-refractivity contribution >= 4 is 38.4 Å². The lowest BCUT2D eigenvalue weighted by atomic mass is 9.95. The van der Waals surface area contributed by atoms with Crippen molar-refractivity contribution in [2.24, 2.45) is 11.1 Å². The highest BCUT2D eigenvalue weighted by Crippen LogP contribution is 2.20. The van der Waals surface area contributed by atoms with Crippen LogP contribution in [0.25, 0.3) is 10.9 Å². The summed E-state index contributed by atoms with van der Waals surface area (Å²) in [4.78, 5) is 54.4. The molecule has 1 aliphatic heterocycles. The number of nitrogens with two attached hydrogens (primary N) is 1. The number of hydrogen-bond acceptors (Lipinski definition) is 6. The average molecular weight is 486 g/mol. The second-order valence-corrected chi connectivity index (χ2v) is 9.64. The predicted molar refractivity (Wildman–Crippen MR) is 125 cm³/mol. The molecular formula is C22H23N5O6S. The molecule has 0 atom stereocenters. The number of aromatic amines is 1. The van der Waals surface area contributed by atoms with E-state index in [4.69, 9.17) is 5.14 Å². The first-order chi connectivity index (χ1) is 16.1. The van der Waals surface area contributed by atoms with Gasteiger partial charge < -0.3 is 15.2 Å². The Kier molecular flexibility index (Phi) is 6.35. The molecular weight excluding hydrogens is 462 g/mol. The summed E-state index contributed by atoms with van der Waals surface area (Å²) in [5.41, 5.74) is -0.340. The second kappa shape index (κ2) is 9.23. The number of benzene rings is 2. The number of amides is 2. The highest BCUT2D eigenvalue weighted by Gasteiger charge is 2.28. The summed E-state index contributed by atoms with van der Waals surface area (Å²) in [5, 5.41) is 8.13. The number of piperidine rings is 1. The Morgan fingerprint density at radius 3 is 2.32 bits per heavy atom. The number of fused-ring (bicyclic) bond motifs is 1. The van der Waals surface area contributed by atoms with Gasteiger partial charge in [0, 0.05) is 24.7 Å². The van der Waals surface area contributed by atoms with Crippen LogP contribution in [0.15, 0.2) is 63.0 Å². The van der Waals surface area contributed by atoms with Crippen LogP contribution in [0.1, 0.15) is 12.8 Å². The van der Waals surface area contributed by atoms with Crippen molar-refractivity contribution in [1.29, 1.82) is 0 Å². The molecule has 2 amide bonds. The van der Waals surface area contributed by atoms with Crippen LogP contribution in [0.2, 0.25) is 0 Å². The molecule has 11 nitrogen and oxygen atoms in total. The third kappa shape index (κ3) is 4.92. The van der Waals surface area contributed by atoms with Crippen LogP contribution in [0.5, 0.6) is 0 Å². The molecule has 1 aliphatic rings. The highest BCUT2D eigenvalue weighted by atomic mass is 32.2. The Hall–Kier alpha value is -3.77. The first kappa shape index (κ1) is 23.4. The molecule has 0 spiro atoms. The molecule has 0 aliphatic carbocycles. The van der Waals surface area contributed by atoms with E-state index >= 15 is 0 Å². The van der Waals surface area contributed by atoms with E-state index in [-0.39, 0.29) is 29.2 Å². The van der Waals surface area contributed by atoms with Gasteiger partial charge in [-0.05, 0) is 49.2 Å². The summed E-state index contributed by atoms with van der Waals surface area (Å²) in [6, 6.07) is 12.1. The molecule has 4 rings (SSSR count). The summed E-state index contributed by atoms with van der Waals surface area (Å²) in [6.07, 6.45) is 0.825. The van der Waals surface area contributed by atoms with Gasteiger partial charge in [0.15, 0.2) is 0 Å². The molecule has 34 heavy (non-hydrogen) atoms. The predicted octanol–water partition coefficient (Wildman–Crippen LogP) is 0.215. The number of primary sulfonamides is 1. The molecule has 2 aromatic carbocycles. The fraction of sp³-hybridized carbons (Fsp3) is 0.273. The minimum Gasteiger partial charge on any atom is -0.341 e. The maximum absolute atomic E-state index is 12.7. The molecule has 1 aromatic heterocycles. The first-order valence-electron chi connectivity index (χ1n) is 10.6. The van der Waals surface area contributed by atoms with Crippen LogP contribution in [0.3, 0.4) is 0 Å². The van der Waals surface area contributed by atoms with Crippen molar-refractivity contribution < 1.29 is 18.0 Å². The van der Waals surface area contributed by atoms with Crippen LogP contribution < -0.4 is 21.7 Å². The van der Waals surface area contributed by atoms with Gasteiger partial charge in [-0.3, -0.25) is 19.0 Å². The maximum atomic E-state index is 12.7. The van der Waals surface area contributed by atoms with Crippen LogP contribution in [-0.4, -0.2) is 47.8 Å². The SMILES string of the molecule is NS(=O)(=O)c1ccc(NC(=O)C2CCN(C(=O)Cn3c(=O)[nH]c4ccccc4c3=O)CC2)cc1. The lowest BCUT2D eigenvalue weighted by Gasteiger charge is -2.31. The smallest absolute Gasteiger partial charge is 0.329 e. The van der Waals surface area contributed by atoms with Crippen LogP contribution in [0, 0.1) is 5.92 Å². The van der Waals surface area contributed by atoms with Gasteiger partial charge in [0.2, 0.25) is 21.8 Å². The van der Waals surface area contributed by atoms with Crippen LogP contribution >= 0.6 is 0 Å². The number of rotatable bonds is 5. The zero-order chi connectivity index (χ0) is 24.5. The van der Waals surface area contributed by atoms with Gasteiger partial charge >= 0.3 is 5.69 Å². The third-order valence-electron chi connectivity index (χ3n) is 5.85. The first-order valence-corrected chi connectivity index (χ1v) is 12.1. The highest BCUT2D eigenvalue weighted by molar-refractivity contribution is 7.89. The van der Waals surface area contributed by atoms with E-state index < -0.39 is 21.3 Å². The molecule has 1 saturated heterocycles. The van der Waals surface area contributed by atoms with E-state index in [1.54, 1.807) is 24.3 Å². The summed E-state index contributed by atoms with van der Waals surface area (Å²) in [7, 11) is -3.81. The van der Waals surface area contributed by atoms with Crippen molar-refractivity contribution in [3.63, 3.8) is 0 Å². The lowest BCUT2D eigenvalue weighted by molar-refractivity contribution is -0.135. The average Bonchev–Trinajstić information content (AvgIpc) is 2.81. The quantitative estimate of drug-likeness (QED) is 0.468. The van der Waals surface area contributed by atoms with Crippen LogP contribution in [-0.2, 0) is 26.2 Å². The Labute approximate surface area is 194 Å². The van der Waals surface area contributed by atoms with Crippen molar-refractivity contribution in [1.82, 2.24) is 14.5 Å². The Morgan fingerprint density at radius 1 is 1.03 bits per heavy atom. The minimum absolute atomic E-state index is 0.0540. The number of aromatic nitrogens is 2. The summed E-state index contributed by atoms with van der Waals surface area (Å²) < 4.78 is 23.5. The van der Waals surface area contributed by atoms with Gasteiger partial charge in [0.1, 0.15) is 6.54 Å². The number of carbonyl (C=O) groups excluding carboxylic acids is 2. The van der Waals surface area contributed by atoms with Gasteiger partial charge in [-0.25, -0.2) is 18.4 Å². The zero-order valence-corrected chi connectivity index (χ0v) is 18.9. The minimum atomic E-state index is -3.81. The Bertz CT molecular complexity index is 1470. The zero-order valence-electron chi connectivity index (χ0n) is 18.1. The number of para-hydroxylation sites is 1. The van der Waals surface area contributed by atoms with Gasteiger partial charge in [-0.2, -0.15) is 0 Å². The number of carbonyl (C=O) groups is 2. The molecule has 2 heterocycles.